The predicted molar refractivity (Wildman–Crippen MR) is 111 cm³/mol. The molecule has 0 aliphatic carbocycles. The summed E-state index contributed by atoms with van der Waals surface area (Å²) in [7, 11) is -3.82. The Bertz CT molecular complexity index is 1010. The predicted octanol–water partition coefficient (Wildman–Crippen LogP) is 2.63. The Morgan fingerprint density at radius 2 is 1.77 bits per heavy atom. The zero-order valence-corrected chi connectivity index (χ0v) is 17.5. The summed E-state index contributed by atoms with van der Waals surface area (Å²) in [6, 6.07) is 11.1. The van der Waals surface area contributed by atoms with Crippen LogP contribution in [0.5, 0.6) is 0 Å². The van der Waals surface area contributed by atoms with Crippen molar-refractivity contribution in [1.82, 2.24) is 9.62 Å². The van der Waals surface area contributed by atoms with E-state index in [9.17, 15) is 22.4 Å². The summed E-state index contributed by atoms with van der Waals surface area (Å²) in [6.07, 6.45) is 1.02. The molecule has 30 heavy (non-hydrogen) atoms. The number of benzene rings is 2. The van der Waals surface area contributed by atoms with E-state index in [-0.39, 0.29) is 30.4 Å². The van der Waals surface area contributed by atoms with Crippen molar-refractivity contribution in [3.05, 3.63) is 59.4 Å². The minimum atomic E-state index is -3.82. The molecule has 2 amide bonds. The van der Waals surface area contributed by atoms with E-state index >= 15 is 0 Å². The van der Waals surface area contributed by atoms with Crippen LogP contribution in [0.1, 0.15) is 12.8 Å². The number of piperidine rings is 1. The first-order valence-electron chi connectivity index (χ1n) is 9.34. The van der Waals surface area contributed by atoms with Crippen LogP contribution in [0.2, 0.25) is 5.02 Å². The molecular formula is C20H21ClFN3O4S. The van der Waals surface area contributed by atoms with Crippen LogP contribution in [-0.4, -0.2) is 44.2 Å². The van der Waals surface area contributed by atoms with Crippen molar-refractivity contribution < 1.29 is 22.4 Å². The minimum absolute atomic E-state index is 0.00431. The summed E-state index contributed by atoms with van der Waals surface area (Å²) in [6.45, 7) is 0.0492. The summed E-state index contributed by atoms with van der Waals surface area (Å²) >= 11 is 5.79. The summed E-state index contributed by atoms with van der Waals surface area (Å²) < 4.78 is 39.8. The van der Waals surface area contributed by atoms with Gasteiger partial charge in [-0.25, -0.2) is 12.8 Å². The SMILES string of the molecule is O=C(CNC(=O)C1CCCN(S(=O)(=O)c2ccc(F)cc2)C1)Nc1ccc(Cl)cc1. The average molecular weight is 454 g/mol. The van der Waals surface area contributed by atoms with E-state index in [0.29, 0.717) is 23.6 Å². The van der Waals surface area contributed by atoms with Gasteiger partial charge in [-0.15, -0.1) is 0 Å². The van der Waals surface area contributed by atoms with Gasteiger partial charge < -0.3 is 10.6 Å². The number of hydrogen-bond donors (Lipinski definition) is 2. The molecule has 2 aromatic rings. The highest BCUT2D eigenvalue weighted by molar-refractivity contribution is 7.89. The van der Waals surface area contributed by atoms with Crippen LogP contribution in [0.3, 0.4) is 0 Å². The van der Waals surface area contributed by atoms with E-state index in [1.54, 1.807) is 24.3 Å². The number of anilines is 1. The average Bonchev–Trinajstić information content (AvgIpc) is 2.74. The van der Waals surface area contributed by atoms with Crippen molar-refractivity contribution in [2.45, 2.75) is 17.7 Å². The second-order valence-electron chi connectivity index (χ2n) is 6.93. The molecule has 10 heteroatoms. The third-order valence-corrected chi connectivity index (χ3v) is 6.89. The zero-order chi connectivity index (χ0) is 21.7. The maximum absolute atomic E-state index is 13.1. The minimum Gasteiger partial charge on any atom is -0.347 e. The molecule has 0 saturated carbocycles. The normalized spacial score (nSPS) is 17.3. The number of rotatable bonds is 6. The topological polar surface area (TPSA) is 95.6 Å². The molecule has 1 heterocycles. The highest BCUT2D eigenvalue weighted by Crippen LogP contribution is 2.24. The Hall–Kier alpha value is -2.49. The molecular weight excluding hydrogens is 433 g/mol. The lowest BCUT2D eigenvalue weighted by molar-refractivity contribution is -0.128. The molecule has 160 valence electrons. The molecule has 1 aliphatic rings. The molecule has 2 N–H and O–H groups in total. The molecule has 0 radical (unpaired) electrons. The maximum Gasteiger partial charge on any atom is 0.243 e. The fourth-order valence-corrected chi connectivity index (χ4v) is 4.83. The van der Waals surface area contributed by atoms with Crippen LogP contribution >= 0.6 is 11.6 Å². The molecule has 7 nitrogen and oxygen atoms in total. The van der Waals surface area contributed by atoms with Crippen LogP contribution in [0, 0.1) is 11.7 Å². The van der Waals surface area contributed by atoms with Crippen molar-refractivity contribution in [1.29, 1.82) is 0 Å². The number of hydrogen-bond acceptors (Lipinski definition) is 4. The number of carbonyl (C=O) groups excluding carboxylic acids is 2. The summed E-state index contributed by atoms with van der Waals surface area (Å²) in [5.74, 6) is -1.89. The highest BCUT2D eigenvalue weighted by Gasteiger charge is 2.33. The lowest BCUT2D eigenvalue weighted by Crippen LogP contribution is -2.46. The van der Waals surface area contributed by atoms with Crippen LogP contribution in [-0.2, 0) is 19.6 Å². The lowest BCUT2D eigenvalue weighted by Gasteiger charge is -2.31. The van der Waals surface area contributed by atoms with E-state index in [0.717, 1.165) is 12.1 Å². The second kappa shape index (κ2) is 9.55. The van der Waals surface area contributed by atoms with Gasteiger partial charge in [0.2, 0.25) is 21.8 Å². The summed E-state index contributed by atoms with van der Waals surface area (Å²) in [5, 5.41) is 5.73. The van der Waals surface area contributed by atoms with Gasteiger partial charge in [0.05, 0.1) is 17.4 Å². The van der Waals surface area contributed by atoms with Gasteiger partial charge in [0.1, 0.15) is 5.82 Å². The summed E-state index contributed by atoms with van der Waals surface area (Å²) in [5.41, 5.74) is 0.549. The molecule has 1 atom stereocenters. The number of carbonyl (C=O) groups is 2. The van der Waals surface area contributed by atoms with Crippen molar-refractivity contribution in [3.63, 3.8) is 0 Å². The van der Waals surface area contributed by atoms with Crippen molar-refractivity contribution in [2.75, 3.05) is 25.0 Å². The fourth-order valence-electron chi connectivity index (χ4n) is 3.18. The van der Waals surface area contributed by atoms with Crippen LogP contribution in [0.15, 0.2) is 53.4 Å². The Morgan fingerprint density at radius 3 is 2.43 bits per heavy atom. The number of sulfonamides is 1. The molecule has 0 aromatic heterocycles. The quantitative estimate of drug-likeness (QED) is 0.702. The van der Waals surface area contributed by atoms with Crippen molar-refractivity contribution in [3.8, 4) is 0 Å². The van der Waals surface area contributed by atoms with E-state index < -0.39 is 27.7 Å². The summed E-state index contributed by atoms with van der Waals surface area (Å²) in [4.78, 5) is 24.5. The number of halogens is 2. The van der Waals surface area contributed by atoms with E-state index in [2.05, 4.69) is 10.6 Å². The third-order valence-electron chi connectivity index (χ3n) is 4.76. The monoisotopic (exact) mass is 453 g/mol. The van der Waals surface area contributed by atoms with Crippen molar-refractivity contribution >= 4 is 39.1 Å². The number of nitrogens with zero attached hydrogens (tertiary/aromatic N) is 1. The standard InChI is InChI=1S/C20H21ClFN3O4S/c21-15-3-7-17(8-4-15)24-19(26)12-23-20(27)14-2-1-11-25(13-14)30(28,29)18-9-5-16(22)6-10-18/h3-10,14H,1-2,11-13H2,(H,23,27)(H,24,26). The van der Waals surface area contributed by atoms with Crippen LogP contribution in [0.25, 0.3) is 0 Å². The molecule has 1 saturated heterocycles. The lowest BCUT2D eigenvalue weighted by atomic mass is 9.99. The molecule has 1 unspecified atom stereocenters. The van der Waals surface area contributed by atoms with Gasteiger partial charge in [-0.05, 0) is 61.4 Å². The van der Waals surface area contributed by atoms with Crippen LogP contribution < -0.4 is 10.6 Å². The van der Waals surface area contributed by atoms with E-state index in [1.165, 1.54) is 16.4 Å². The van der Waals surface area contributed by atoms with Crippen LogP contribution in [0.4, 0.5) is 10.1 Å². The van der Waals surface area contributed by atoms with Gasteiger partial charge in [-0.1, -0.05) is 11.6 Å². The maximum atomic E-state index is 13.1. The zero-order valence-electron chi connectivity index (χ0n) is 16.0. The Morgan fingerprint density at radius 1 is 1.10 bits per heavy atom. The Kier molecular flexibility index (Phi) is 7.06. The molecule has 1 fully saturated rings. The van der Waals surface area contributed by atoms with Gasteiger partial charge in [0, 0.05) is 23.8 Å². The smallest absolute Gasteiger partial charge is 0.243 e. The molecule has 0 spiro atoms. The van der Waals surface area contributed by atoms with Gasteiger partial charge in [-0.3, -0.25) is 9.59 Å². The second-order valence-corrected chi connectivity index (χ2v) is 9.30. The molecule has 3 rings (SSSR count). The van der Waals surface area contributed by atoms with E-state index in [4.69, 9.17) is 11.6 Å². The van der Waals surface area contributed by atoms with Gasteiger partial charge >= 0.3 is 0 Å². The third kappa shape index (κ3) is 5.56. The molecule has 0 bridgehead atoms. The number of amides is 2. The first kappa shape index (κ1) is 22.2. The van der Waals surface area contributed by atoms with Crippen molar-refractivity contribution in [2.24, 2.45) is 5.92 Å². The Labute approximate surface area is 179 Å². The molecule has 2 aromatic carbocycles. The Balaban J connectivity index is 1.55. The fraction of sp³-hybridized carbons (Fsp3) is 0.300. The first-order chi connectivity index (χ1) is 14.3. The van der Waals surface area contributed by atoms with Gasteiger partial charge in [0.25, 0.3) is 0 Å². The van der Waals surface area contributed by atoms with E-state index in [1.807, 2.05) is 0 Å². The first-order valence-corrected chi connectivity index (χ1v) is 11.2. The number of nitrogens with one attached hydrogen (secondary N) is 2. The van der Waals surface area contributed by atoms with Gasteiger partial charge in [-0.2, -0.15) is 4.31 Å². The highest BCUT2D eigenvalue weighted by atomic mass is 35.5. The molecule has 1 aliphatic heterocycles. The van der Waals surface area contributed by atoms with Gasteiger partial charge in [0.15, 0.2) is 0 Å². The largest absolute Gasteiger partial charge is 0.347 e.